The highest BCUT2D eigenvalue weighted by atomic mass is 16.5. The molecule has 142 valence electrons. The Morgan fingerprint density at radius 2 is 1.77 bits per heavy atom. The maximum absolute atomic E-state index is 5.68. The first kappa shape index (κ1) is 18.6. The third-order valence-corrected chi connectivity index (χ3v) is 4.91. The predicted octanol–water partition coefficient (Wildman–Crippen LogP) is 3.23. The van der Waals surface area contributed by atoms with E-state index in [0.29, 0.717) is 12.3 Å². The summed E-state index contributed by atoms with van der Waals surface area (Å²) in [5, 5.41) is 3.55. The van der Waals surface area contributed by atoms with Gasteiger partial charge in [-0.2, -0.15) is 0 Å². The van der Waals surface area contributed by atoms with Crippen LogP contribution in [0.25, 0.3) is 0 Å². The number of hydrogen-bond donors (Lipinski definition) is 1. The summed E-state index contributed by atoms with van der Waals surface area (Å²) in [5.74, 6) is 3.23. The number of hydrogen-bond acceptors (Lipinski definition) is 6. The number of furan rings is 1. The molecule has 2 aromatic rings. The van der Waals surface area contributed by atoms with Crippen LogP contribution in [0.15, 0.2) is 34.9 Å². The Bertz CT molecular complexity index is 656. The molecule has 1 aliphatic heterocycles. The summed E-state index contributed by atoms with van der Waals surface area (Å²) in [4.78, 5) is 2.48. The quantitative estimate of drug-likeness (QED) is 0.741. The lowest BCUT2D eigenvalue weighted by Gasteiger charge is -2.26. The van der Waals surface area contributed by atoms with Gasteiger partial charge in [-0.3, -0.25) is 4.90 Å². The van der Waals surface area contributed by atoms with Gasteiger partial charge in [0.1, 0.15) is 23.0 Å². The molecular weight excluding hydrogens is 332 g/mol. The zero-order valence-corrected chi connectivity index (χ0v) is 15.8. The molecule has 1 saturated heterocycles. The molecule has 0 aliphatic carbocycles. The molecule has 0 radical (unpaired) electrons. The molecular formula is C20H28N2O4. The second kappa shape index (κ2) is 8.96. The van der Waals surface area contributed by atoms with E-state index in [9.17, 15) is 0 Å². The van der Waals surface area contributed by atoms with Crippen molar-refractivity contribution in [3.8, 4) is 17.2 Å². The first-order valence-electron chi connectivity index (χ1n) is 9.04. The van der Waals surface area contributed by atoms with Crippen LogP contribution in [0.5, 0.6) is 17.2 Å². The summed E-state index contributed by atoms with van der Waals surface area (Å²) >= 11 is 0. The van der Waals surface area contributed by atoms with Gasteiger partial charge >= 0.3 is 0 Å². The van der Waals surface area contributed by atoms with Crippen molar-refractivity contribution in [2.24, 2.45) is 0 Å². The number of methoxy groups -OCH3 is 3. The molecule has 26 heavy (non-hydrogen) atoms. The van der Waals surface area contributed by atoms with Crippen molar-refractivity contribution < 1.29 is 18.6 Å². The third-order valence-electron chi connectivity index (χ3n) is 4.91. The largest absolute Gasteiger partial charge is 0.496 e. The third kappa shape index (κ3) is 4.14. The highest BCUT2D eigenvalue weighted by Gasteiger charge is 2.25. The van der Waals surface area contributed by atoms with Gasteiger partial charge in [-0.1, -0.05) is 0 Å². The fourth-order valence-electron chi connectivity index (χ4n) is 3.53. The summed E-state index contributed by atoms with van der Waals surface area (Å²) in [5.41, 5.74) is 0.982. The lowest BCUT2D eigenvalue weighted by molar-refractivity contribution is 0.209. The topological polar surface area (TPSA) is 56.1 Å². The van der Waals surface area contributed by atoms with Crippen molar-refractivity contribution in [2.75, 3.05) is 41.0 Å². The number of nitrogens with one attached hydrogen (secondary N) is 1. The Morgan fingerprint density at radius 3 is 2.31 bits per heavy atom. The molecule has 1 aromatic carbocycles. The zero-order valence-electron chi connectivity index (χ0n) is 15.8. The van der Waals surface area contributed by atoms with Gasteiger partial charge in [-0.25, -0.2) is 0 Å². The maximum atomic E-state index is 5.68. The van der Waals surface area contributed by atoms with Crippen molar-refractivity contribution >= 4 is 0 Å². The van der Waals surface area contributed by atoms with Crippen molar-refractivity contribution in [3.63, 3.8) is 0 Å². The number of rotatable bonds is 9. The number of nitrogens with zero attached hydrogens (tertiary/aromatic N) is 1. The number of likely N-dealkylation sites (tertiary alicyclic amines) is 1. The van der Waals surface area contributed by atoms with Crippen LogP contribution in [0.3, 0.4) is 0 Å². The van der Waals surface area contributed by atoms with Crippen molar-refractivity contribution in [3.05, 3.63) is 41.9 Å². The highest BCUT2D eigenvalue weighted by molar-refractivity contribution is 5.50. The second-order valence-corrected chi connectivity index (χ2v) is 6.42. The first-order valence-corrected chi connectivity index (χ1v) is 9.04. The second-order valence-electron chi connectivity index (χ2n) is 6.42. The molecule has 2 heterocycles. The van der Waals surface area contributed by atoms with E-state index in [1.165, 1.54) is 12.8 Å². The Labute approximate surface area is 155 Å². The molecule has 1 atom stereocenters. The maximum Gasteiger partial charge on any atom is 0.130 e. The van der Waals surface area contributed by atoms with Gasteiger partial charge in [0.15, 0.2) is 0 Å². The van der Waals surface area contributed by atoms with Gasteiger partial charge in [-0.05, 0) is 38.1 Å². The summed E-state index contributed by atoms with van der Waals surface area (Å²) in [6.07, 6.45) is 4.24. The normalized spacial score (nSPS) is 15.8. The molecule has 0 amide bonds. The average Bonchev–Trinajstić information content (AvgIpc) is 3.39. The van der Waals surface area contributed by atoms with Gasteiger partial charge in [0.05, 0.1) is 39.2 Å². The average molecular weight is 360 g/mol. The van der Waals surface area contributed by atoms with Crippen LogP contribution < -0.4 is 19.5 Å². The van der Waals surface area contributed by atoms with Crippen LogP contribution in [-0.4, -0.2) is 45.9 Å². The molecule has 0 spiro atoms. The Balaban J connectivity index is 1.71. The van der Waals surface area contributed by atoms with E-state index >= 15 is 0 Å². The molecule has 0 saturated carbocycles. The van der Waals surface area contributed by atoms with Gasteiger partial charge < -0.3 is 23.9 Å². The van der Waals surface area contributed by atoms with Crippen molar-refractivity contribution in [1.29, 1.82) is 0 Å². The van der Waals surface area contributed by atoms with Crippen molar-refractivity contribution in [2.45, 2.75) is 25.4 Å². The summed E-state index contributed by atoms with van der Waals surface area (Å²) < 4.78 is 22.1. The van der Waals surface area contributed by atoms with Crippen LogP contribution in [0.2, 0.25) is 0 Å². The van der Waals surface area contributed by atoms with E-state index < -0.39 is 0 Å². The van der Waals surface area contributed by atoms with E-state index in [1.54, 1.807) is 27.6 Å². The smallest absolute Gasteiger partial charge is 0.130 e. The minimum Gasteiger partial charge on any atom is -0.496 e. The van der Waals surface area contributed by atoms with Gasteiger partial charge in [0, 0.05) is 25.2 Å². The summed E-state index contributed by atoms with van der Waals surface area (Å²) in [7, 11) is 4.96. The highest BCUT2D eigenvalue weighted by Crippen LogP contribution is 2.34. The minimum atomic E-state index is 0.239. The van der Waals surface area contributed by atoms with Crippen LogP contribution >= 0.6 is 0 Å². The lowest BCUT2D eigenvalue weighted by Crippen LogP contribution is -2.33. The predicted molar refractivity (Wildman–Crippen MR) is 100 cm³/mol. The molecule has 1 fully saturated rings. The minimum absolute atomic E-state index is 0.239. The van der Waals surface area contributed by atoms with E-state index in [4.69, 9.17) is 18.6 Å². The molecule has 1 aliphatic rings. The van der Waals surface area contributed by atoms with Gasteiger partial charge in [0.25, 0.3) is 0 Å². The molecule has 1 unspecified atom stereocenters. The van der Waals surface area contributed by atoms with Gasteiger partial charge in [0.2, 0.25) is 0 Å². The van der Waals surface area contributed by atoms with Gasteiger partial charge in [-0.15, -0.1) is 0 Å². The first-order chi connectivity index (χ1) is 12.8. The summed E-state index contributed by atoms with van der Waals surface area (Å²) in [6.45, 7) is 3.66. The Kier molecular flexibility index (Phi) is 6.41. The van der Waals surface area contributed by atoms with Crippen LogP contribution in [-0.2, 0) is 6.54 Å². The Hall–Kier alpha value is -2.18. The fraction of sp³-hybridized carbons (Fsp3) is 0.500. The van der Waals surface area contributed by atoms with E-state index in [-0.39, 0.29) is 6.04 Å². The lowest BCUT2D eigenvalue weighted by atomic mass is 10.1. The van der Waals surface area contributed by atoms with Crippen LogP contribution in [0, 0.1) is 0 Å². The molecule has 3 rings (SSSR count). The Morgan fingerprint density at radius 1 is 1.08 bits per heavy atom. The molecule has 1 N–H and O–H groups in total. The molecule has 1 aromatic heterocycles. The summed E-state index contributed by atoms with van der Waals surface area (Å²) in [6, 6.07) is 8.00. The molecule has 6 heteroatoms. The molecule has 0 bridgehead atoms. The van der Waals surface area contributed by atoms with E-state index in [2.05, 4.69) is 16.3 Å². The zero-order chi connectivity index (χ0) is 18.4. The number of ether oxygens (including phenoxy) is 3. The van der Waals surface area contributed by atoms with E-state index in [1.807, 2.05) is 18.2 Å². The monoisotopic (exact) mass is 360 g/mol. The SMILES string of the molecule is COc1cc(OC)c(CNCC(c2ccco2)N2CCCC2)c(OC)c1. The van der Waals surface area contributed by atoms with Crippen LogP contribution in [0.4, 0.5) is 0 Å². The standard InChI is InChI=1S/C20H28N2O4/c1-23-15-11-19(24-2)16(20(12-15)25-3)13-21-14-17(18-7-6-10-26-18)22-8-4-5-9-22/h6-7,10-12,17,21H,4-5,8-9,13-14H2,1-3H3. The fourth-order valence-corrected chi connectivity index (χ4v) is 3.53. The number of benzene rings is 1. The van der Waals surface area contributed by atoms with E-state index in [0.717, 1.165) is 42.5 Å². The van der Waals surface area contributed by atoms with Crippen molar-refractivity contribution in [1.82, 2.24) is 10.2 Å². The molecule has 6 nitrogen and oxygen atoms in total. The van der Waals surface area contributed by atoms with Crippen LogP contribution in [0.1, 0.15) is 30.2 Å².